The number of rotatable bonds is 11. The maximum absolute atomic E-state index is 12.5. The van der Waals surface area contributed by atoms with E-state index in [1.807, 2.05) is 13.0 Å². The molecule has 0 spiro atoms. The van der Waals surface area contributed by atoms with Crippen molar-refractivity contribution in [3.8, 4) is 11.5 Å². The van der Waals surface area contributed by atoms with E-state index in [1.54, 1.807) is 25.4 Å². The van der Waals surface area contributed by atoms with Crippen molar-refractivity contribution in [1.82, 2.24) is 30.8 Å². The topological polar surface area (TPSA) is 134 Å². The summed E-state index contributed by atoms with van der Waals surface area (Å²) in [4.78, 5) is 31.5. The summed E-state index contributed by atoms with van der Waals surface area (Å²) in [5.74, 6) is 0.409. The van der Waals surface area contributed by atoms with Crippen LogP contribution in [0.5, 0.6) is 0 Å². The van der Waals surface area contributed by atoms with Gasteiger partial charge in [-0.15, -0.1) is 0 Å². The Balaban J connectivity index is 1.54. The van der Waals surface area contributed by atoms with Crippen molar-refractivity contribution in [2.24, 2.45) is 0 Å². The van der Waals surface area contributed by atoms with Crippen LogP contribution in [0.25, 0.3) is 22.4 Å². The highest BCUT2D eigenvalue weighted by Gasteiger charge is 2.14. The molecule has 3 rings (SSSR count). The number of alkyl carbamates (subject to hydrolysis) is 1. The molecule has 10 nitrogen and oxygen atoms in total. The predicted molar refractivity (Wildman–Crippen MR) is 116 cm³/mol. The van der Waals surface area contributed by atoms with Crippen molar-refractivity contribution >= 4 is 22.9 Å². The minimum atomic E-state index is -0.427. The molecule has 3 aromatic rings. The van der Waals surface area contributed by atoms with E-state index < -0.39 is 6.09 Å². The van der Waals surface area contributed by atoms with Gasteiger partial charge in [-0.2, -0.15) is 5.10 Å². The molecule has 10 heteroatoms. The number of carbonyl (C=O) groups is 2. The van der Waals surface area contributed by atoms with Crippen LogP contribution in [-0.4, -0.2) is 59.0 Å². The van der Waals surface area contributed by atoms with Gasteiger partial charge >= 0.3 is 6.09 Å². The lowest BCUT2D eigenvalue weighted by atomic mass is 10.1. The fraction of sp³-hybridized carbons (Fsp3) is 0.429. The number of aromatic amines is 2. The number of imidazole rings is 1. The number of benzene rings is 1. The fourth-order valence-electron chi connectivity index (χ4n) is 2.99. The van der Waals surface area contributed by atoms with Gasteiger partial charge in [0.15, 0.2) is 5.82 Å². The zero-order valence-electron chi connectivity index (χ0n) is 17.8. The number of fused-ring (bicyclic) bond motifs is 1. The molecule has 0 aliphatic carbocycles. The number of amides is 2. The predicted octanol–water partition coefficient (Wildman–Crippen LogP) is 2.75. The highest BCUT2D eigenvalue weighted by molar-refractivity contribution is 6.00. The van der Waals surface area contributed by atoms with E-state index in [1.165, 1.54) is 0 Å². The monoisotopic (exact) mass is 428 g/mol. The van der Waals surface area contributed by atoms with Crippen LogP contribution in [0.1, 0.15) is 42.2 Å². The van der Waals surface area contributed by atoms with Gasteiger partial charge in [0, 0.05) is 31.1 Å². The Morgan fingerprint density at radius 2 is 2.00 bits per heavy atom. The van der Waals surface area contributed by atoms with Crippen LogP contribution >= 0.6 is 0 Å². The normalized spacial score (nSPS) is 10.9. The molecule has 1 aromatic carbocycles. The third kappa shape index (κ3) is 6.05. The van der Waals surface area contributed by atoms with Crippen molar-refractivity contribution in [2.45, 2.75) is 32.8 Å². The van der Waals surface area contributed by atoms with Crippen LogP contribution in [0.3, 0.4) is 0 Å². The van der Waals surface area contributed by atoms with E-state index in [-0.39, 0.29) is 5.91 Å². The van der Waals surface area contributed by atoms with Gasteiger partial charge in [0.2, 0.25) is 0 Å². The van der Waals surface area contributed by atoms with Gasteiger partial charge in [0.1, 0.15) is 5.69 Å². The third-order valence-corrected chi connectivity index (χ3v) is 4.62. The Labute approximate surface area is 180 Å². The van der Waals surface area contributed by atoms with E-state index in [0.717, 1.165) is 29.4 Å². The number of hydrogen-bond acceptors (Lipinski definition) is 6. The number of methoxy groups -OCH3 is 1. The van der Waals surface area contributed by atoms with Crippen LogP contribution in [-0.2, 0) is 16.1 Å². The molecule has 0 saturated heterocycles. The summed E-state index contributed by atoms with van der Waals surface area (Å²) in [5.41, 5.74) is 2.80. The van der Waals surface area contributed by atoms with Crippen molar-refractivity contribution in [3.63, 3.8) is 0 Å². The van der Waals surface area contributed by atoms with E-state index >= 15 is 0 Å². The Kier molecular flexibility index (Phi) is 7.99. The molecule has 0 saturated carbocycles. The third-order valence-electron chi connectivity index (χ3n) is 4.62. The number of carbonyl (C=O) groups excluding carboxylic acids is 2. The van der Waals surface area contributed by atoms with Crippen LogP contribution in [0.4, 0.5) is 4.79 Å². The van der Waals surface area contributed by atoms with Crippen molar-refractivity contribution in [3.05, 3.63) is 35.7 Å². The number of unbranched alkanes of at least 4 members (excludes halogenated alkanes) is 1. The second-order valence-electron chi connectivity index (χ2n) is 7.05. The summed E-state index contributed by atoms with van der Waals surface area (Å²) in [6, 6.07) is 5.33. The molecule has 0 atom stereocenters. The van der Waals surface area contributed by atoms with Gasteiger partial charge in [-0.25, -0.2) is 9.78 Å². The van der Waals surface area contributed by atoms with E-state index in [2.05, 4.69) is 30.8 Å². The lowest BCUT2D eigenvalue weighted by Crippen LogP contribution is -2.30. The molecular weight excluding hydrogens is 400 g/mol. The van der Waals surface area contributed by atoms with Crippen molar-refractivity contribution < 1.29 is 19.1 Å². The second-order valence-corrected chi connectivity index (χ2v) is 7.05. The quantitative estimate of drug-likeness (QED) is 0.347. The second kappa shape index (κ2) is 11.1. The summed E-state index contributed by atoms with van der Waals surface area (Å²) < 4.78 is 10.1. The number of aromatic nitrogens is 4. The largest absolute Gasteiger partial charge is 0.450 e. The molecule has 0 aliphatic heterocycles. The number of nitrogens with one attached hydrogen (secondary N) is 4. The minimum Gasteiger partial charge on any atom is -0.450 e. The average Bonchev–Trinajstić information content (AvgIpc) is 3.40. The number of H-pyrrole nitrogens is 2. The first-order valence-corrected chi connectivity index (χ1v) is 10.3. The highest BCUT2D eigenvalue weighted by atomic mass is 16.5. The summed E-state index contributed by atoms with van der Waals surface area (Å²) in [7, 11) is 1.62. The lowest BCUT2D eigenvalue weighted by molar-refractivity contribution is 0.0953. The van der Waals surface area contributed by atoms with Crippen molar-refractivity contribution in [1.29, 1.82) is 0 Å². The van der Waals surface area contributed by atoms with Gasteiger partial charge in [-0.1, -0.05) is 13.3 Å². The van der Waals surface area contributed by atoms with Crippen LogP contribution in [0.15, 0.2) is 24.4 Å². The Bertz CT molecular complexity index is 1010. The van der Waals surface area contributed by atoms with Crippen LogP contribution in [0.2, 0.25) is 0 Å². The first kappa shape index (κ1) is 22.3. The maximum Gasteiger partial charge on any atom is 0.407 e. The lowest BCUT2D eigenvalue weighted by Gasteiger charge is -2.08. The molecule has 31 heavy (non-hydrogen) atoms. The van der Waals surface area contributed by atoms with Gasteiger partial charge < -0.3 is 25.1 Å². The standard InChI is InChI=1S/C21H28N6O4/c1-3-4-10-31-21(29)23-9-5-8-22-20(28)14-6-7-17-16(11-14)18(27-26-17)19-24-12-15(25-19)13-30-2/h6-7,11-12H,3-5,8-10,13H2,1-2H3,(H,22,28)(H,23,29)(H,24,25)(H,26,27). The molecule has 2 amide bonds. The minimum absolute atomic E-state index is 0.195. The van der Waals surface area contributed by atoms with Crippen LogP contribution < -0.4 is 10.6 Å². The summed E-state index contributed by atoms with van der Waals surface area (Å²) in [5, 5.41) is 13.6. The van der Waals surface area contributed by atoms with E-state index in [9.17, 15) is 9.59 Å². The van der Waals surface area contributed by atoms with E-state index in [0.29, 0.717) is 49.8 Å². The summed E-state index contributed by atoms with van der Waals surface area (Å²) in [6.07, 6.45) is 3.69. The zero-order valence-corrected chi connectivity index (χ0v) is 17.8. The van der Waals surface area contributed by atoms with Gasteiger partial charge in [-0.3, -0.25) is 9.89 Å². The maximum atomic E-state index is 12.5. The smallest absolute Gasteiger partial charge is 0.407 e. The molecule has 0 bridgehead atoms. The SMILES string of the molecule is CCCCOC(=O)NCCCNC(=O)c1ccc2[nH]nc(-c3ncc(COC)[nH]3)c2c1. The molecule has 4 N–H and O–H groups in total. The first-order chi connectivity index (χ1) is 15.1. The molecule has 0 fully saturated rings. The Hall–Kier alpha value is -3.40. The van der Waals surface area contributed by atoms with Crippen molar-refractivity contribution in [2.75, 3.05) is 26.8 Å². The van der Waals surface area contributed by atoms with Crippen LogP contribution in [0, 0.1) is 0 Å². The van der Waals surface area contributed by atoms with Gasteiger partial charge in [-0.05, 0) is 31.0 Å². The number of hydrogen-bond donors (Lipinski definition) is 4. The zero-order chi connectivity index (χ0) is 22.1. The van der Waals surface area contributed by atoms with Gasteiger partial charge in [0.05, 0.1) is 30.6 Å². The molecule has 2 heterocycles. The number of nitrogens with zero attached hydrogens (tertiary/aromatic N) is 2. The van der Waals surface area contributed by atoms with E-state index in [4.69, 9.17) is 9.47 Å². The Morgan fingerprint density at radius 1 is 1.16 bits per heavy atom. The fourth-order valence-corrected chi connectivity index (χ4v) is 2.99. The first-order valence-electron chi connectivity index (χ1n) is 10.3. The molecule has 0 radical (unpaired) electrons. The molecule has 0 aliphatic rings. The number of ether oxygens (including phenoxy) is 2. The summed E-state index contributed by atoms with van der Waals surface area (Å²) in [6.45, 7) is 3.74. The molecule has 0 unspecified atom stereocenters. The molecule has 166 valence electrons. The van der Waals surface area contributed by atoms with Gasteiger partial charge in [0.25, 0.3) is 5.91 Å². The highest BCUT2D eigenvalue weighted by Crippen LogP contribution is 2.25. The summed E-state index contributed by atoms with van der Waals surface area (Å²) >= 11 is 0. The average molecular weight is 428 g/mol. The Morgan fingerprint density at radius 3 is 2.81 bits per heavy atom. The molecule has 2 aromatic heterocycles. The molecular formula is C21H28N6O4.